The number of halogens is 2. The van der Waals surface area contributed by atoms with Gasteiger partial charge < -0.3 is 5.32 Å². The van der Waals surface area contributed by atoms with Crippen molar-refractivity contribution < 1.29 is 0 Å². The third kappa shape index (κ3) is 6.27. The van der Waals surface area contributed by atoms with Gasteiger partial charge in [-0.3, -0.25) is 0 Å². The summed E-state index contributed by atoms with van der Waals surface area (Å²) in [4.78, 5) is 0. The van der Waals surface area contributed by atoms with E-state index in [1.807, 2.05) is 11.8 Å². The first-order valence-electron chi connectivity index (χ1n) is 5.88. The van der Waals surface area contributed by atoms with Crippen LogP contribution in [0.25, 0.3) is 0 Å². The van der Waals surface area contributed by atoms with Crippen LogP contribution in [-0.2, 0) is 6.54 Å². The Kier molecular flexibility index (Phi) is 7.84. The normalized spacial score (nSPS) is 12.7. The Morgan fingerprint density at radius 3 is 2.71 bits per heavy atom. The largest absolute Gasteiger partial charge is 0.310 e. The molecule has 1 rings (SSSR count). The highest BCUT2D eigenvalue weighted by Crippen LogP contribution is 2.23. The minimum atomic E-state index is 0.580. The zero-order valence-corrected chi connectivity index (χ0v) is 14.3. The molecule has 1 atom stereocenters. The molecule has 96 valence electrons. The third-order valence-electron chi connectivity index (χ3n) is 2.54. The number of rotatable bonds is 7. The minimum Gasteiger partial charge on any atom is -0.310 e. The van der Waals surface area contributed by atoms with Gasteiger partial charge in [0, 0.05) is 21.5 Å². The van der Waals surface area contributed by atoms with Crippen LogP contribution in [0.5, 0.6) is 0 Å². The van der Waals surface area contributed by atoms with Gasteiger partial charge in [0.25, 0.3) is 0 Å². The average Bonchev–Trinajstić information content (AvgIpc) is 2.31. The van der Waals surface area contributed by atoms with Crippen molar-refractivity contribution in [2.45, 2.75) is 32.9 Å². The van der Waals surface area contributed by atoms with E-state index < -0.39 is 0 Å². The lowest BCUT2D eigenvalue weighted by atomic mass is 10.2. The number of benzene rings is 1. The van der Waals surface area contributed by atoms with E-state index in [1.54, 1.807) is 0 Å². The molecule has 0 spiro atoms. The predicted molar refractivity (Wildman–Crippen MR) is 85.8 cm³/mol. The molecule has 1 nitrogen and oxygen atoms in total. The molecule has 1 aromatic carbocycles. The van der Waals surface area contributed by atoms with Crippen LogP contribution in [-0.4, -0.2) is 17.5 Å². The van der Waals surface area contributed by atoms with Crippen molar-refractivity contribution >= 4 is 43.6 Å². The molecular formula is C13H19Br2NS. The molecule has 0 fully saturated rings. The third-order valence-corrected chi connectivity index (χ3v) is 5.35. The molecule has 17 heavy (non-hydrogen) atoms. The van der Waals surface area contributed by atoms with E-state index in [4.69, 9.17) is 0 Å². The van der Waals surface area contributed by atoms with Crippen LogP contribution in [0.15, 0.2) is 27.1 Å². The van der Waals surface area contributed by atoms with E-state index in [2.05, 4.69) is 69.2 Å². The second kappa shape index (κ2) is 8.57. The summed E-state index contributed by atoms with van der Waals surface area (Å²) in [6.45, 7) is 5.40. The van der Waals surface area contributed by atoms with Gasteiger partial charge in [-0.2, -0.15) is 11.8 Å². The Balaban J connectivity index is 2.31. The second-order valence-electron chi connectivity index (χ2n) is 4.02. The topological polar surface area (TPSA) is 12.0 Å². The highest BCUT2D eigenvalue weighted by Gasteiger charge is 2.03. The van der Waals surface area contributed by atoms with E-state index in [0.29, 0.717) is 6.04 Å². The Morgan fingerprint density at radius 1 is 1.29 bits per heavy atom. The maximum atomic E-state index is 3.56. The second-order valence-corrected chi connectivity index (χ2v) is 7.12. The van der Waals surface area contributed by atoms with Gasteiger partial charge in [0.05, 0.1) is 0 Å². The summed E-state index contributed by atoms with van der Waals surface area (Å²) in [7, 11) is 0. The van der Waals surface area contributed by atoms with Gasteiger partial charge in [0.1, 0.15) is 0 Å². The Bertz CT molecular complexity index is 344. The molecule has 1 aromatic rings. The molecule has 4 heteroatoms. The molecule has 0 aliphatic carbocycles. The summed E-state index contributed by atoms with van der Waals surface area (Å²) in [5.74, 6) is 2.46. The Morgan fingerprint density at radius 2 is 2.06 bits per heavy atom. The predicted octanol–water partition coefficient (Wildman–Crippen LogP) is 4.83. The number of nitrogens with one attached hydrogen (secondary N) is 1. The van der Waals surface area contributed by atoms with E-state index in [9.17, 15) is 0 Å². The summed E-state index contributed by atoms with van der Waals surface area (Å²) in [5, 5.41) is 3.56. The fraction of sp³-hybridized carbons (Fsp3) is 0.538. The zero-order chi connectivity index (χ0) is 12.7. The smallest absolute Gasteiger partial charge is 0.0320 e. The average molecular weight is 381 g/mol. The molecule has 0 saturated carbocycles. The lowest BCUT2D eigenvalue weighted by Crippen LogP contribution is -2.26. The van der Waals surface area contributed by atoms with Crippen LogP contribution in [0.1, 0.15) is 25.8 Å². The molecular weight excluding hydrogens is 362 g/mol. The Hall–Kier alpha value is 0.490. The van der Waals surface area contributed by atoms with Crippen LogP contribution >= 0.6 is 43.6 Å². The molecule has 0 bridgehead atoms. The molecule has 0 aromatic heterocycles. The van der Waals surface area contributed by atoms with Crippen LogP contribution in [0, 0.1) is 0 Å². The molecule has 0 aliphatic rings. The minimum absolute atomic E-state index is 0.580. The summed E-state index contributed by atoms with van der Waals surface area (Å²) in [6.07, 6.45) is 1.23. The SMILES string of the molecule is CCSCCC(C)NCc1ccc(Br)c(Br)c1. The van der Waals surface area contributed by atoms with Gasteiger partial charge >= 0.3 is 0 Å². The van der Waals surface area contributed by atoms with Gasteiger partial charge in [-0.05, 0) is 74.4 Å². The standard InChI is InChI=1S/C13H19Br2NS/c1-3-17-7-6-10(2)16-9-11-4-5-12(14)13(15)8-11/h4-5,8,10,16H,3,6-7,9H2,1-2H3. The van der Waals surface area contributed by atoms with E-state index in [-0.39, 0.29) is 0 Å². The first kappa shape index (κ1) is 15.5. The molecule has 0 heterocycles. The molecule has 0 amide bonds. The molecule has 1 N–H and O–H groups in total. The van der Waals surface area contributed by atoms with Gasteiger partial charge in [-0.1, -0.05) is 13.0 Å². The van der Waals surface area contributed by atoms with E-state index >= 15 is 0 Å². The molecule has 0 aliphatic heterocycles. The Labute approximate surface area is 125 Å². The zero-order valence-electron chi connectivity index (χ0n) is 10.3. The van der Waals surface area contributed by atoms with Gasteiger partial charge in [-0.25, -0.2) is 0 Å². The number of hydrogen-bond acceptors (Lipinski definition) is 2. The van der Waals surface area contributed by atoms with Gasteiger partial charge in [0.15, 0.2) is 0 Å². The lowest BCUT2D eigenvalue weighted by Gasteiger charge is -2.13. The lowest BCUT2D eigenvalue weighted by molar-refractivity contribution is 0.537. The fourth-order valence-electron chi connectivity index (χ4n) is 1.45. The van der Waals surface area contributed by atoms with Crippen LogP contribution in [0.2, 0.25) is 0 Å². The summed E-state index contributed by atoms with van der Waals surface area (Å²) in [6, 6.07) is 6.97. The first-order chi connectivity index (χ1) is 8.13. The molecule has 1 unspecified atom stereocenters. The van der Waals surface area contributed by atoms with Crippen molar-refractivity contribution in [3.05, 3.63) is 32.7 Å². The quantitative estimate of drug-likeness (QED) is 0.679. The number of thioether (sulfide) groups is 1. The van der Waals surface area contributed by atoms with E-state index in [0.717, 1.165) is 15.5 Å². The van der Waals surface area contributed by atoms with Crippen molar-refractivity contribution in [2.24, 2.45) is 0 Å². The fourth-order valence-corrected chi connectivity index (χ4v) is 2.93. The van der Waals surface area contributed by atoms with Crippen molar-refractivity contribution in [3.8, 4) is 0 Å². The van der Waals surface area contributed by atoms with Gasteiger partial charge in [-0.15, -0.1) is 0 Å². The highest BCUT2D eigenvalue weighted by molar-refractivity contribution is 9.13. The summed E-state index contributed by atoms with van der Waals surface area (Å²) < 4.78 is 2.22. The number of hydrogen-bond donors (Lipinski definition) is 1. The van der Waals surface area contributed by atoms with E-state index in [1.165, 1.54) is 23.5 Å². The monoisotopic (exact) mass is 379 g/mol. The highest BCUT2D eigenvalue weighted by atomic mass is 79.9. The van der Waals surface area contributed by atoms with Crippen molar-refractivity contribution in [1.29, 1.82) is 0 Å². The van der Waals surface area contributed by atoms with Crippen molar-refractivity contribution in [2.75, 3.05) is 11.5 Å². The van der Waals surface area contributed by atoms with Gasteiger partial charge in [0.2, 0.25) is 0 Å². The van der Waals surface area contributed by atoms with Crippen LogP contribution in [0.3, 0.4) is 0 Å². The first-order valence-corrected chi connectivity index (χ1v) is 8.62. The van der Waals surface area contributed by atoms with Crippen molar-refractivity contribution in [3.63, 3.8) is 0 Å². The molecule has 0 radical (unpaired) electrons. The van der Waals surface area contributed by atoms with Crippen LogP contribution in [0.4, 0.5) is 0 Å². The van der Waals surface area contributed by atoms with Crippen LogP contribution < -0.4 is 5.32 Å². The van der Waals surface area contributed by atoms with Crippen molar-refractivity contribution in [1.82, 2.24) is 5.32 Å². The maximum Gasteiger partial charge on any atom is 0.0320 e. The summed E-state index contributed by atoms with van der Waals surface area (Å²) >= 11 is 9.02. The maximum absolute atomic E-state index is 3.56. The summed E-state index contributed by atoms with van der Waals surface area (Å²) in [5.41, 5.74) is 1.31. The molecule has 0 saturated heterocycles.